The second-order valence-corrected chi connectivity index (χ2v) is 5.90. The van der Waals surface area contributed by atoms with Crippen LogP contribution < -0.4 is 0 Å². The number of rotatable bonds is 4. The molecule has 1 aromatic rings. The number of hydrogen-bond donors (Lipinski definition) is 1. The molecule has 0 unspecified atom stereocenters. The minimum atomic E-state index is -0.0527. The number of nitrogens with one attached hydrogen (secondary N) is 1. The number of aromatic amines is 1. The molecule has 2 heterocycles. The third kappa shape index (κ3) is 2.70. The van der Waals surface area contributed by atoms with Crippen LogP contribution in [0.5, 0.6) is 0 Å². The highest BCUT2D eigenvalue weighted by molar-refractivity contribution is 5.90. The van der Waals surface area contributed by atoms with Gasteiger partial charge in [-0.1, -0.05) is 6.92 Å². The van der Waals surface area contributed by atoms with Gasteiger partial charge in [0.1, 0.15) is 5.82 Å². The predicted octanol–water partition coefficient (Wildman–Crippen LogP) is 1.24. The van der Waals surface area contributed by atoms with Crippen molar-refractivity contribution in [2.24, 2.45) is 0 Å². The van der Waals surface area contributed by atoms with E-state index >= 15 is 0 Å². The zero-order valence-electron chi connectivity index (χ0n) is 12.3. The van der Waals surface area contributed by atoms with Crippen molar-refractivity contribution in [3.63, 3.8) is 0 Å². The second-order valence-electron chi connectivity index (χ2n) is 5.90. The molecule has 20 heavy (non-hydrogen) atoms. The summed E-state index contributed by atoms with van der Waals surface area (Å²) in [4.78, 5) is 21.0. The number of carbonyl (C=O) groups excluding carboxylic acids is 1. The standard InChI is InChI=1S/C14H23N5O/c1-3-19-8-6-11(7-9-19)18(2)14(20)13-15-12(16-17-13)10-4-5-10/h10-11H,3-9H2,1-2H3,(H,15,16,17). The molecule has 110 valence electrons. The van der Waals surface area contributed by atoms with Crippen LogP contribution >= 0.6 is 0 Å². The maximum Gasteiger partial charge on any atom is 0.293 e. The molecule has 6 nitrogen and oxygen atoms in total. The topological polar surface area (TPSA) is 65.1 Å². The normalized spacial score (nSPS) is 21.1. The first-order valence-corrected chi connectivity index (χ1v) is 7.61. The molecule has 1 aliphatic carbocycles. The third-order valence-electron chi connectivity index (χ3n) is 4.53. The minimum Gasteiger partial charge on any atom is -0.336 e. The minimum absolute atomic E-state index is 0.0527. The molecule has 1 N–H and O–H groups in total. The van der Waals surface area contributed by atoms with Crippen molar-refractivity contribution in [1.29, 1.82) is 0 Å². The van der Waals surface area contributed by atoms with Crippen molar-refractivity contribution in [1.82, 2.24) is 25.0 Å². The monoisotopic (exact) mass is 277 g/mol. The van der Waals surface area contributed by atoms with Crippen LogP contribution in [0.4, 0.5) is 0 Å². The second kappa shape index (κ2) is 5.52. The number of aromatic nitrogens is 3. The lowest BCUT2D eigenvalue weighted by molar-refractivity contribution is 0.0635. The van der Waals surface area contributed by atoms with E-state index in [4.69, 9.17) is 0 Å². The Morgan fingerprint density at radius 2 is 2.05 bits per heavy atom. The fourth-order valence-electron chi connectivity index (χ4n) is 2.86. The van der Waals surface area contributed by atoms with Crippen LogP contribution in [0.1, 0.15) is 55.0 Å². The Morgan fingerprint density at radius 3 is 2.65 bits per heavy atom. The van der Waals surface area contributed by atoms with Gasteiger partial charge in [-0.2, -0.15) is 0 Å². The lowest BCUT2D eigenvalue weighted by Crippen LogP contribution is -2.45. The number of nitrogens with zero attached hydrogens (tertiary/aromatic N) is 4. The molecule has 3 rings (SSSR count). The first-order chi connectivity index (χ1) is 9.69. The molecule has 0 radical (unpaired) electrons. The van der Waals surface area contributed by atoms with Crippen molar-refractivity contribution < 1.29 is 4.79 Å². The molecule has 0 bridgehead atoms. The maximum absolute atomic E-state index is 12.4. The lowest BCUT2D eigenvalue weighted by Gasteiger charge is -2.35. The molecule has 0 aromatic carbocycles. The molecule has 6 heteroatoms. The van der Waals surface area contributed by atoms with Crippen molar-refractivity contribution in [3.8, 4) is 0 Å². The smallest absolute Gasteiger partial charge is 0.293 e. The van der Waals surface area contributed by atoms with E-state index in [1.165, 1.54) is 0 Å². The molecule has 2 fully saturated rings. The zero-order valence-corrected chi connectivity index (χ0v) is 12.3. The van der Waals surface area contributed by atoms with Crippen molar-refractivity contribution in [3.05, 3.63) is 11.6 Å². The molecule has 0 atom stereocenters. The fourth-order valence-corrected chi connectivity index (χ4v) is 2.86. The van der Waals surface area contributed by atoms with Gasteiger partial charge in [-0.05, 0) is 32.2 Å². The van der Waals surface area contributed by atoms with Crippen molar-refractivity contribution in [2.45, 2.75) is 44.6 Å². The summed E-state index contributed by atoms with van der Waals surface area (Å²) in [7, 11) is 1.88. The van der Waals surface area contributed by atoms with Crippen LogP contribution in [0.15, 0.2) is 0 Å². The molecular weight excluding hydrogens is 254 g/mol. The Bertz CT molecular complexity index is 474. The summed E-state index contributed by atoms with van der Waals surface area (Å²) in [5, 5.41) is 6.99. The van der Waals surface area contributed by atoms with E-state index in [2.05, 4.69) is 27.0 Å². The van der Waals surface area contributed by atoms with Gasteiger partial charge in [0.05, 0.1) is 0 Å². The number of amides is 1. The van der Waals surface area contributed by atoms with Crippen LogP contribution in [0.3, 0.4) is 0 Å². The molecular formula is C14H23N5O. The van der Waals surface area contributed by atoms with Gasteiger partial charge >= 0.3 is 0 Å². The Labute approximate surface area is 119 Å². The third-order valence-corrected chi connectivity index (χ3v) is 4.53. The fraction of sp³-hybridized carbons (Fsp3) is 0.786. The highest BCUT2D eigenvalue weighted by Gasteiger charge is 2.31. The van der Waals surface area contributed by atoms with Gasteiger partial charge in [-0.25, -0.2) is 4.98 Å². The summed E-state index contributed by atoms with van der Waals surface area (Å²) < 4.78 is 0. The summed E-state index contributed by atoms with van der Waals surface area (Å²) in [6, 6.07) is 0.313. The van der Waals surface area contributed by atoms with E-state index in [1.807, 2.05) is 11.9 Å². The van der Waals surface area contributed by atoms with Gasteiger partial charge in [0.15, 0.2) is 0 Å². The number of H-pyrrole nitrogens is 1. The predicted molar refractivity (Wildman–Crippen MR) is 75.6 cm³/mol. The van der Waals surface area contributed by atoms with E-state index in [-0.39, 0.29) is 5.91 Å². The Hall–Kier alpha value is -1.43. The van der Waals surface area contributed by atoms with E-state index in [0.717, 1.165) is 51.1 Å². The molecule has 1 amide bonds. The molecule has 2 aliphatic rings. The molecule has 1 saturated heterocycles. The summed E-state index contributed by atoms with van der Waals surface area (Å²) in [6.07, 6.45) is 4.40. The summed E-state index contributed by atoms with van der Waals surface area (Å²) in [6.45, 7) is 5.42. The summed E-state index contributed by atoms with van der Waals surface area (Å²) in [5.41, 5.74) is 0. The van der Waals surface area contributed by atoms with Crippen molar-refractivity contribution >= 4 is 5.91 Å². The Morgan fingerprint density at radius 1 is 1.35 bits per heavy atom. The van der Waals surface area contributed by atoms with Crippen molar-refractivity contribution in [2.75, 3.05) is 26.7 Å². The van der Waals surface area contributed by atoms with Crippen LogP contribution in [-0.2, 0) is 0 Å². The maximum atomic E-state index is 12.4. The van der Waals surface area contributed by atoms with Gasteiger partial charge in [-0.3, -0.25) is 9.89 Å². The van der Waals surface area contributed by atoms with Gasteiger partial charge in [0, 0.05) is 32.1 Å². The van der Waals surface area contributed by atoms with Gasteiger partial charge in [-0.15, -0.1) is 5.10 Å². The van der Waals surface area contributed by atoms with E-state index in [0.29, 0.717) is 17.8 Å². The van der Waals surface area contributed by atoms with Gasteiger partial charge in [0.25, 0.3) is 5.91 Å². The quantitative estimate of drug-likeness (QED) is 0.899. The molecule has 1 aliphatic heterocycles. The van der Waals surface area contributed by atoms with Crippen LogP contribution in [0.2, 0.25) is 0 Å². The number of piperidine rings is 1. The number of hydrogen-bond acceptors (Lipinski definition) is 4. The highest BCUT2D eigenvalue weighted by atomic mass is 16.2. The Balaban J connectivity index is 1.60. The molecule has 1 aromatic heterocycles. The molecule has 0 spiro atoms. The van der Waals surface area contributed by atoms with Crippen LogP contribution in [0.25, 0.3) is 0 Å². The summed E-state index contributed by atoms with van der Waals surface area (Å²) >= 11 is 0. The van der Waals surface area contributed by atoms with E-state index in [1.54, 1.807) is 0 Å². The van der Waals surface area contributed by atoms with Crippen LogP contribution in [0, 0.1) is 0 Å². The molecule has 1 saturated carbocycles. The van der Waals surface area contributed by atoms with E-state index < -0.39 is 0 Å². The lowest BCUT2D eigenvalue weighted by atomic mass is 10.0. The first-order valence-electron chi connectivity index (χ1n) is 7.61. The van der Waals surface area contributed by atoms with Gasteiger partial charge < -0.3 is 9.80 Å². The SMILES string of the molecule is CCN1CCC(N(C)C(=O)c2n[nH]c(C3CC3)n2)CC1. The van der Waals surface area contributed by atoms with E-state index in [9.17, 15) is 4.79 Å². The van der Waals surface area contributed by atoms with Gasteiger partial charge in [0.2, 0.25) is 5.82 Å². The summed E-state index contributed by atoms with van der Waals surface area (Å²) in [5.74, 6) is 1.65. The Kier molecular flexibility index (Phi) is 3.74. The van der Waals surface area contributed by atoms with Crippen LogP contribution in [-0.4, -0.2) is 63.6 Å². The number of carbonyl (C=O) groups is 1. The number of likely N-dealkylation sites (tertiary alicyclic amines) is 1. The highest BCUT2D eigenvalue weighted by Crippen LogP contribution is 2.37. The average Bonchev–Trinajstić information content (AvgIpc) is 3.23. The first kappa shape index (κ1) is 13.5. The average molecular weight is 277 g/mol. The zero-order chi connectivity index (χ0) is 14.1. The largest absolute Gasteiger partial charge is 0.336 e.